The van der Waals surface area contributed by atoms with Crippen LogP contribution in [0.3, 0.4) is 0 Å². The molecule has 1 atom stereocenters. The van der Waals surface area contributed by atoms with Gasteiger partial charge in [0, 0.05) is 31.5 Å². The van der Waals surface area contributed by atoms with Crippen LogP contribution in [0.4, 0.5) is 11.6 Å². The average molecular weight is 270 g/mol. The van der Waals surface area contributed by atoms with Crippen molar-refractivity contribution in [2.75, 3.05) is 23.3 Å². The van der Waals surface area contributed by atoms with Gasteiger partial charge >= 0.3 is 0 Å². The molecule has 1 aliphatic heterocycles. The Hall–Kier alpha value is -2.24. The summed E-state index contributed by atoms with van der Waals surface area (Å²) in [6.07, 6.45) is 9.21. The summed E-state index contributed by atoms with van der Waals surface area (Å²) in [6, 6.07) is 2.27. The zero-order valence-electron chi connectivity index (χ0n) is 11.5. The highest BCUT2D eigenvalue weighted by Gasteiger charge is 2.21. The van der Waals surface area contributed by atoms with Crippen molar-refractivity contribution in [1.82, 2.24) is 19.9 Å². The Morgan fingerprint density at radius 3 is 3.05 bits per heavy atom. The Kier molecular flexibility index (Phi) is 3.71. The highest BCUT2D eigenvalue weighted by Crippen LogP contribution is 2.19. The molecule has 0 spiro atoms. The lowest BCUT2D eigenvalue weighted by molar-refractivity contribution is 0.524. The molecule has 1 saturated heterocycles. The molecule has 1 fully saturated rings. The minimum absolute atomic E-state index is 0.376. The number of aryl methyl sites for hydroxylation is 1. The molecular formula is C14H18N6. The number of hydrogen-bond acceptors (Lipinski definition) is 6. The van der Waals surface area contributed by atoms with Gasteiger partial charge in [-0.05, 0) is 25.8 Å². The maximum absolute atomic E-state index is 4.55. The maximum atomic E-state index is 4.55. The fourth-order valence-corrected chi connectivity index (χ4v) is 2.49. The van der Waals surface area contributed by atoms with Crippen LogP contribution >= 0.6 is 0 Å². The number of nitrogens with one attached hydrogen (secondary N) is 1. The van der Waals surface area contributed by atoms with Crippen molar-refractivity contribution in [1.29, 1.82) is 0 Å². The topological polar surface area (TPSA) is 66.8 Å². The number of anilines is 2. The Bertz CT molecular complexity index is 559. The van der Waals surface area contributed by atoms with E-state index in [4.69, 9.17) is 0 Å². The van der Waals surface area contributed by atoms with Crippen LogP contribution in [0.5, 0.6) is 0 Å². The molecule has 0 saturated carbocycles. The fourth-order valence-electron chi connectivity index (χ4n) is 2.49. The van der Waals surface area contributed by atoms with Crippen molar-refractivity contribution < 1.29 is 0 Å². The molecule has 3 heterocycles. The largest absolute Gasteiger partial charge is 0.365 e. The van der Waals surface area contributed by atoms with Gasteiger partial charge in [-0.2, -0.15) is 0 Å². The van der Waals surface area contributed by atoms with Crippen LogP contribution in [0, 0.1) is 6.92 Å². The van der Waals surface area contributed by atoms with Crippen LogP contribution in [0.25, 0.3) is 0 Å². The molecule has 6 nitrogen and oxygen atoms in total. The van der Waals surface area contributed by atoms with E-state index in [1.54, 1.807) is 18.7 Å². The first kappa shape index (κ1) is 12.8. The lowest BCUT2D eigenvalue weighted by Crippen LogP contribution is -2.42. The van der Waals surface area contributed by atoms with Gasteiger partial charge < -0.3 is 10.2 Å². The monoisotopic (exact) mass is 270 g/mol. The van der Waals surface area contributed by atoms with Gasteiger partial charge in [-0.25, -0.2) is 15.0 Å². The maximum Gasteiger partial charge on any atom is 0.147 e. The van der Waals surface area contributed by atoms with Crippen molar-refractivity contribution in [3.05, 3.63) is 36.7 Å². The molecule has 1 N–H and O–H groups in total. The highest BCUT2D eigenvalue weighted by atomic mass is 15.2. The Balaban J connectivity index is 1.67. The normalized spacial score (nSPS) is 18.9. The van der Waals surface area contributed by atoms with E-state index in [-0.39, 0.29) is 0 Å². The fraction of sp³-hybridized carbons (Fsp3) is 0.429. The standard InChI is InChI=1S/C14H18N6/c1-11-7-16-8-14(18-11)20-6-2-3-12(9-20)19-13-4-5-15-10-17-13/h4-5,7-8,10,12H,2-3,6,9H2,1H3,(H,15,17,19). The van der Waals surface area contributed by atoms with Crippen molar-refractivity contribution in [3.63, 3.8) is 0 Å². The Labute approximate surface area is 118 Å². The molecular weight excluding hydrogens is 252 g/mol. The molecule has 20 heavy (non-hydrogen) atoms. The van der Waals surface area contributed by atoms with Crippen LogP contribution < -0.4 is 10.2 Å². The van der Waals surface area contributed by atoms with E-state index in [2.05, 4.69) is 30.2 Å². The predicted octanol–water partition coefficient (Wildman–Crippen LogP) is 1.66. The first-order valence-corrected chi connectivity index (χ1v) is 6.87. The quantitative estimate of drug-likeness (QED) is 0.915. The van der Waals surface area contributed by atoms with Crippen molar-refractivity contribution >= 4 is 11.6 Å². The van der Waals surface area contributed by atoms with E-state index in [0.717, 1.165) is 43.3 Å². The molecule has 0 aliphatic carbocycles. The van der Waals surface area contributed by atoms with Crippen LogP contribution in [-0.4, -0.2) is 39.1 Å². The summed E-state index contributed by atoms with van der Waals surface area (Å²) in [7, 11) is 0. The molecule has 0 bridgehead atoms. The lowest BCUT2D eigenvalue weighted by atomic mass is 10.1. The summed E-state index contributed by atoms with van der Waals surface area (Å²) in [5.74, 6) is 1.83. The van der Waals surface area contributed by atoms with Gasteiger partial charge in [0.15, 0.2) is 0 Å². The molecule has 1 unspecified atom stereocenters. The van der Waals surface area contributed by atoms with Gasteiger partial charge in [-0.3, -0.25) is 4.98 Å². The molecule has 1 aliphatic rings. The summed E-state index contributed by atoms with van der Waals surface area (Å²) in [5.41, 5.74) is 0.952. The van der Waals surface area contributed by atoms with Gasteiger partial charge in [-0.1, -0.05) is 0 Å². The van der Waals surface area contributed by atoms with Crippen LogP contribution in [0.2, 0.25) is 0 Å². The third kappa shape index (κ3) is 3.01. The average Bonchev–Trinajstić information content (AvgIpc) is 2.49. The summed E-state index contributed by atoms with van der Waals surface area (Å²) in [5, 5.41) is 3.45. The first-order chi connectivity index (χ1) is 9.81. The predicted molar refractivity (Wildman–Crippen MR) is 77.7 cm³/mol. The van der Waals surface area contributed by atoms with Gasteiger partial charge in [0.2, 0.25) is 0 Å². The first-order valence-electron chi connectivity index (χ1n) is 6.87. The summed E-state index contributed by atoms with van der Waals surface area (Å²) in [6.45, 7) is 3.92. The molecule has 3 rings (SSSR count). The number of nitrogens with zero attached hydrogens (tertiary/aromatic N) is 5. The van der Waals surface area contributed by atoms with Gasteiger partial charge in [0.05, 0.1) is 11.9 Å². The number of hydrogen-bond donors (Lipinski definition) is 1. The van der Waals surface area contributed by atoms with E-state index >= 15 is 0 Å². The zero-order valence-corrected chi connectivity index (χ0v) is 11.5. The van der Waals surface area contributed by atoms with Crippen molar-refractivity contribution in [2.45, 2.75) is 25.8 Å². The van der Waals surface area contributed by atoms with E-state index in [0.29, 0.717) is 6.04 Å². The SMILES string of the molecule is Cc1cncc(N2CCCC(Nc3ccncn3)C2)n1. The lowest BCUT2D eigenvalue weighted by Gasteiger charge is -2.34. The minimum Gasteiger partial charge on any atom is -0.365 e. The van der Waals surface area contributed by atoms with E-state index in [1.807, 2.05) is 19.2 Å². The second-order valence-electron chi connectivity index (χ2n) is 5.04. The van der Waals surface area contributed by atoms with E-state index < -0.39 is 0 Å². The smallest absolute Gasteiger partial charge is 0.147 e. The molecule has 6 heteroatoms. The highest BCUT2D eigenvalue weighted by molar-refractivity contribution is 5.40. The second-order valence-corrected chi connectivity index (χ2v) is 5.04. The second kappa shape index (κ2) is 5.81. The number of piperidine rings is 1. The summed E-state index contributed by atoms with van der Waals surface area (Å²) >= 11 is 0. The summed E-state index contributed by atoms with van der Waals surface area (Å²) < 4.78 is 0. The van der Waals surface area contributed by atoms with Gasteiger partial charge in [-0.15, -0.1) is 0 Å². The van der Waals surface area contributed by atoms with Crippen LogP contribution in [0.15, 0.2) is 31.0 Å². The number of rotatable bonds is 3. The molecule has 0 radical (unpaired) electrons. The molecule has 104 valence electrons. The van der Waals surface area contributed by atoms with Gasteiger partial charge in [0.25, 0.3) is 0 Å². The minimum atomic E-state index is 0.376. The number of aromatic nitrogens is 4. The third-order valence-corrected chi connectivity index (χ3v) is 3.42. The zero-order chi connectivity index (χ0) is 13.8. The Morgan fingerprint density at radius 1 is 1.30 bits per heavy atom. The van der Waals surface area contributed by atoms with Crippen molar-refractivity contribution in [2.24, 2.45) is 0 Å². The molecule has 0 amide bonds. The van der Waals surface area contributed by atoms with E-state index in [9.17, 15) is 0 Å². The van der Waals surface area contributed by atoms with Crippen molar-refractivity contribution in [3.8, 4) is 0 Å². The Morgan fingerprint density at radius 2 is 2.25 bits per heavy atom. The summed E-state index contributed by atoms with van der Waals surface area (Å²) in [4.78, 5) is 19.2. The van der Waals surface area contributed by atoms with Gasteiger partial charge in [0.1, 0.15) is 18.0 Å². The van der Waals surface area contributed by atoms with Crippen LogP contribution in [-0.2, 0) is 0 Å². The molecule has 0 aromatic carbocycles. The third-order valence-electron chi connectivity index (χ3n) is 3.42. The van der Waals surface area contributed by atoms with Crippen LogP contribution in [0.1, 0.15) is 18.5 Å². The molecule has 2 aromatic rings. The molecule has 2 aromatic heterocycles. The van der Waals surface area contributed by atoms with E-state index in [1.165, 1.54) is 0 Å².